The molecule has 0 aliphatic carbocycles. The molecule has 0 saturated heterocycles. The highest BCUT2D eigenvalue weighted by Gasteiger charge is 2.30. The maximum atomic E-state index is 11.6. The number of fused-ring (bicyclic) bond motifs is 1. The molecule has 0 aromatic heterocycles. The molecule has 0 atom stereocenters. The second-order valence-electron chi connectivity index (χ2n) is 4.46. The van der Waals surface area contributed by atoms with E-state index in [1.54, 1.807) is 6.07 Å². The van der Waals surface area contributed by atoms with Crippen LogP contribution in [0.4, 0.5) is 4.79 Å². The molecule has 0 radical (unpaired) electrons. The number of carboxylic acid groups (broad SMARTS) is 1. The zero-order chi connectivity index (χ0) is 14.0. The van der Waals surface area contributed by atoms with E-state index in [4.69, 9.17) is 19.3 Å². The van der Waals surface area contributed by atoms with Crippen molar-refractivity contribution in [2.45, 2.75) is 19.4 Å². The fraction of sp³-hybridized carbons (Fsp3) is 0.333. The lowest BCUT2D eigenvalue weighted by Gasteiger charge is -2.20. The van der Waals surface area contributed by atoms with E-state index in [0.717, 1.165) is 0 Å². The van der Waals surface area contributed by atoms with Crippen molar-refractivity contribution in [2.24, 2.45) is 0 Å². The number of rotatable bonds is 3. The first kappa shape index (κ1) is 13.0. The topological polar surface area (TPSA) is 94.1 Å². The van der Waals surface area contributed by atoms with Gasteiger partial charge in [-0.3, -0.25) is 0 Å². The molecule has 2 N–H and O–H groups in total. The van der Waals surface area contributed by atoms with E-state index in [-0.39, 0.29) is 12.5 Å². The van der Waals surface area contributed by atoms with Gasteiger partial charge in [0.25, 0.3) is 0 Å². The van der Waals surface area contributed by atoms with Crippen molar-refractivity contribution in [3.8, 4) is 17.2 Å². The van der Waals surface area contributed by atoms with Crippen LogP contribution in [-0.2, 0) is 4.79 Å². The molecule has 0 unspecified atom stereocenters. The Morgan fingerprint density at radius 3 is 2.68 bits per heavy atom. The number of carbonyl (C=O) groups is 2. The predicted octanol–water partition coefficient (Wildman–Crippen LogP) is 1.37. The molecule has 0 spiro atoms. The summed E-state index contributed by atoms with van der Waals surface area (Å²) in [5, 5.41) is 11.1. The molecule has 0 fully saturated rings. The number of nitrogens with one attached hydrogen (secondary N) is 1. The van der Waals surface area contributed by atoms with Gasteiger partial charge in [0.1, 0.15) is 11.3 Å². The van der Waals surface area contributed by atoms with Crippen LogP contribution in [0.2, 0.25) is 0 Å². The summed E-state index contributed by atoms with van der Waals surface area (Å²) >= 11 is 0. The molecule has 1 heterocycles. The largest absolute Gasteiger partial charge is 0.480 e. The van der Waals surface area contributed by atoms with Crippen molar-refractivity contribution in [1.82, 2.24) is 5.32 Å². The van der Waals surface area contributed by atoms with Gasteiger partial charge in [-0.15, -0.1) is 0 Å². The number of benzene rings is 1. The highest BCUT2D eigenvalue weighted by molar-refractivity contribution is 5.84. The third kappa shape index (κ3) is 2.87. The summed E-state index contributed by atoms with van der Waals surface area (Å²) in [6.45, 7) is 2.84. The molecule has 102 valence electrons. The molecule has 7 nitrogen and oxygen atoms in total. The average Bonchev–Trinajstić information content (AvgIpc) is 2.74. The minimum Gasteiger partial charge on any atom is -0.480 e. The lowest BCUT2D eigenvalue weighted by Crippen LogP contribution is -2.50. The molecule has 1 aromatic carbocycles. The zero-order valence-corrected chi connectivity index (χ0v) is 10.4. The maximum Gasteiger partial charge on any atom is 0.413 e. The van der Waals surface area contributed by atoms with Crippen molar-refractivity contribution in [3.05, 3.63) is 18.2 Å². The van der Waals surface area contributed by atoms with Gasteiger partial charge in [0.05, 0.1) is 0 Å². The minimum absolute atomic E-state index is 0.122. The van der Waals surface area contributed by atoms with E-state index in [0.29, 0.717) is 11.5 Å². The summed E-state index contributed by atoms with van der Waals surface area (Å²) in [6.07, 6.45) is -0.855. The quantitative estimate of drug-likeness (QED) is 0.858. The van der Waals surface area contributed by atoms with E-state index >= 15 is 0 Å². The number of ether oxygens (including phenoxy) is 3. The van der Waals surface area contributed by atoms with E-state index < -0.39 is 17.6 Å². The van der Waals surface area contributed by atoms with Crippen LogP contribution in [0.3, 0.4) is 0 Å². The number of hydrogen-bond acceptors (Lipinski definition) is 5. The van der Waals surface area contributed by atoms with Crippen molar-refractivity contribution in [1.29, 1.82) is 0 Å². The molecule has 1 aliphatic rings. The fourth-order valence-electron chi connectivity index (χ4n) is 1.38. The molecule has 19 heavy (non-hydrogen) atoms. The van der Waals surface area contributed by atoms with Crippen molar-refractivity contribution in [3.63, 3.8) is 0 Å². The first-order chi connectivity index (χ1) is 8.88. The summed E-state index contributed by atoms with van der Waals surface area (Å²) in [4.78, 5) is 22.4. The van der Waals surface area contributed by atoms with Gasteiger partial charge in [-0.05, 0) is 26.0 Å². The molecule has 2 rings (SSSR count). The highest BCUT2D eigenvalue weighted by Crippen LogP contribution is 2.35. The normalized spacial score (nSPS) is 12.9. The molecule has 0 bridgehead atoms. The lowest BCUT2D eigenvalue weighted by molar-refractivity contribution is -0.143. The van der Waals surface area contributed by atoms with Gasteiger partial charge in [0.15, 0.2) is 11.5 Å². The Morgan fingerprint density at radius 2 is 2.00 bits per heavy atom. The summed E-state index contributed by atoms with van der Waals surface area (Å²) in [6, 6.07) is 4.63. The summed E-state index contributed by atoms with van der Waals surface area (Å²) in [5.74, 6) is 0.125. The van der Waals surface area contributed by atoms with E-state index in [1.807, 2.05) is 0 Å². The van der Waals surface area contributed by atoms with Crippen LogP contribution in [0.25, 0.3) is 0 Å². The average molecular weight is 267 g/mol. The van der Waals surface area contributed by atoms with Gasteiger partial charge in [0, 0.05) is 6.07 Å². The SMILES string of the molecule is CC(C)(NC(=O)Oc1ccc2c(c1)OCO2)C(=O)O. The third-order valence-electron chi connectivity index (χ3n) is 2.50. The number of amides is 1. The molecule has 1 aromatic rings. The fourth-order valence-corrected chi connectivity index (χ4v) is 1.38. The molecule has 7 heteroatoms. The Hall–Kier alpha value is -2.44. The Bertz CT molecular complexity index is 525. The van der Waals surface area contributed by atoms with Crippen LogP contribution in [0.5, 0.6) is 17.2 Å². The highest BCUT2D eigenvalue weighted by atomic mass is 16.7. The van der Waals surface area contributed by atoms with Gasteiger partial charge < -0.3 is 24.6 Å². The number of hydrogen-bond donors (Lipinski definition) is 2. The van der Waals surface area contributed by atoms with E-state index in [9.17, 15) is 9.59 Å². The van der Waals surface area contributed by atoms with E-state index in [1.165, 1.54) is 26.0 Å². The summed E-state index contributed by atoms with van der Waals surface area (Å²) in [7, 11) is 0. The molecular weight excluding hydrogens is 254 g/mol. The first-order valence-electron chi connectivity index (χ1n) is 5.51. The molecule has 0 saturated carbocycles. The van der Waals surface area contributed by atoms with Crippen LogP contribution in [0.1, 0.15) is 13.8 Å². The van der Waals surface area contributed by atoms with Gasteiger partial charge in [0.2, 0.25) is 6.79 Å². The summed E-state index contributed by atoms with van der Waals surface area (Å²) in [5.41, 5.74) is -1.41. The predicted molar refractivity (Wildman–Crippen MR) is 63.4 cm³/mol. The number of carbonyl (C=O) groups excluding carboxylic acids is 1. The standard InChI is InChI=1S/C12H13NO6/c1-12(2,10(14)15)13-11(16)19-7-3-4-8-9(5-7)18-6-17-8/h3-5H,6H2,1-2H3,(H,13,16)(H,14,15). The van der Waals surface area contributed by atoms with Crippen LogP contribution in [-0.4, -0.2) is 29.5 Å². The maximum absolute atomic E-state index is 11.6. The number of carboxylic acids is 1. The Morgan fingerprint density at radius 1 is 1.32 bits per heavy atom. The van der Waals surface area contributed by atoms with Crippen LogP contribution >= 0.6 is 0 Å². The van der Waals surface area contributed by atoms with Crippen molar-refractivity contribution >= 4 is 12.1 Å². The number of aliphatic carboxylic acids is 1. The van der Waals surface area contributed by atoms with Crippen LogP contribution in [0.15, 0.2) is 18.2 Å². The monoisotopic (exact) mass is 267 g/mol. The van der Waals surface area contributed by atoms with E-state index in [2.05, 4.69) is 5.32 Å². The van der Waals surface area contributed by atoms with Crippen LogP contribution < -0.4 is 19.5 Å². The second-order valence-corrected chi connectivity index (χ2v) is 4.46. The second kappa shape index (κ2) is 4.68. The minimum atomic E-state index is -1.41. The lowest BCUT2D eigenvalue weighted by atomic mass is 10.1. The van der Waals surface area contributed by atoms with Crippen LogP contribution in [0, 0.1) is 0 Å². The molecule has 1 amide bonds. The zero-order valence-electron chi connectivity index (χ0n) is 10.4. The van der Waals surface area contributed by atoms with Gasteiger partial charge in [-0.25, -0.2) is 9.59 Å². The van der Waals surface area contributed by atoms with Gasteiger partial charge in [-0.2, -0.15) is 0 Å². The van der Waals surface area contributed by atoms with Crippen molar-refractivity contribution < 1.29 is 28.9 Å². The Balaban J connectivity index is 2.01. The molecular formula is C12H13NO6. The van der Waals surface area contributed by atoms with Gasteiger partial charge in [-0.1, -0.05) is 0 Å². The molecule has 1 aliphatic heterocycles. The smallest absolute Gasteiger partial charge is 0.413 e. The first-order valence-corrected chi connectivity index (χ1v) is 5.51. The summed E-state index contributed by atoms with van der Waals surface area (Å²) < 4.78 is 15.2. The third-order valence-corrected chi connectivity index (χ3v) is 2.50. The van der Waals surface area contributed by atoms with Crippen molar-refractivity contribution in [2.75, 3.05) is 6.79 Å². The van der Waals surface area contributed by atoms with Gasteiger partial charge >= 0.3 is 12.1 Å². The Labute approximate surface area is 109 Å². The Kier molecular flexibility index (Phi) is 3.20.